The van der Waals surface area contributed by atoms with Crippen molar-refractivity contribution in [1.82, 2.24) is 15.3 Å². The van der Waals surface area contributed by atoms with Crippen LogP contribution < -0.4 is 42.3 Å². The molecule has 10 heteroatoms. The molecule has 2 aliphatic heterocycles. The van der Waals surface area contributed by atoms with E-state index in [4.69, 9.17) is 7.80 Å². The third-order valence-electron chi connectivity index (χ3n) is 6.03. The van der Waals surface area contributed by atoms with Gasteiger partial charge in [-0.2, -0.15) is 0 Å². The minimum absolute atomic E-state index is 0.0418. The predicted molar refractivity (Wildman–Crippen MR) is 128 cm³/mol. The summed E-state index contributed by atoms with van der Waals surface area (Å²) in [6, 6.07) is 6.57. The van der Waals surface area contributed by atoms with Crippen LogP contribution in [0.25, 0.3) is 11.3 Å². The van der Waals surface area contributed by atoms with Gasteiger partial charge in [-0.1, -0.05) is 0 Å². The van der Waals surface area contributed by atoms with Gasteiger partial charge in [-0.25, -0.2) is 0 Å². The number of para-hydroxylation sites is 1. The maximum atomic E-state index is 14.5. The Labute approximate surface area is 213 Å². The van der Waals surface area contributed by atoms with Crippen LogP contribution in [-0.2, 0) is 3.07 Å². The number of hydrogen-bond acceptors (Lipinski definition) is 6. The van der Waals surface area contributed by atoms with E-state index in [0.29, 0.717) is 30.1 Å². The van der Waals surface area contributed by atoms with Crippen molar-refractivity contribution in [1.29, 1.82) is 0 Å². The van der Waals surface area contributed by atoms with Gasteiger partial charge < -0.3 is 0 Å². The Kier molecular flexibility index (Phi) is 6.91. The molecular weight excluding hydrogens is 564 g/mol. The zero-order valence-corrected chi connectivity index (χ0v) is 21.5. The van der Waals surface area contributed by atoms with Crippen LogP contribution in [0, 0.1) is 5.82 Å². The van der Waals surface area contributed by atoms with E-state index >= 15 is 0 Å². The molecule has 0 saturated carbocycles. The molecule has 0 fully saturated rings. The number of rotatable bonds is 3. The van der Waals surface area contributed by atoms with Gasteiger partial charge in [0.05, 0.1) is 0 Å². The van der Waals surface area contributed by atoms with Gasteiger partial charge in [0, 0.05) is 0 Å². The van der Waals surface area contributed by atoms with Crippen LogP contribution in [0.5, 0.6) is 5.75 Å². The number of hydrogen-bond donors (Lipinski definition) is 4. The molecule has 0 saturated heterocycles. The Morgan fingerprint density at radius 1 is 1.29 bits per heavy atom. The van der Waals surface area contributed by atoms with Crippen LogP contribution in [-0.4, -0.2) is 42.7 Å². The Bertz CT molecular complexity index is 1290. The van der Waals surface area contributed by atoms with Crippen molar-refractivity contribution >= 4 is 23.0 Å². The van der Waals surface area contributed by atoms with Gasteiger partial charge in [-0.05, 0) is 0 Å². The molecule has 3 aromatic rings. The molecule has 0 aliphatic carbocycles. The molecule has 4 heterocycles. The molecule has 0 radical (unpaired) electrons. The van der Waals surface area contributed by atoms with E-state index in [9.17, 15) is 9.18 Å². The van der Waals surface area contributed by atoms with Crippen LogP contribution >= 0.6 is 0 Å². The normalized spacial score (nSPS) is 19.6. The molecule has 1 amide bonds. The number of halogens is 2. The molecule has 2 aromatic heterocycles. The van der Waals surface area contributed by atoms with Gasteiger partial charge in [0.1, 0.15) is 0 Å². The van der Waals surface area contributed by atoms with Crippen molar-refractivity contribution in [3.8, 4) is 17.0 Å². The number of nitrogens with zero attached hydrogens (tertiary/aromatic N) is 1. The standard InChI is InChI=1S/C25H26FIN5O3/c1-14-6-10-29-19-13-28-9-7-15(19)21-23(31-18-5-3-4-16(26)24(18)34-2)20-22(32-21)17(12-30-25(20)33)27-35-11-8-14/h3-5,7-9,13,17,29,31-32H,6,10-12H2,1-2H3,(H,30,33)/q-1/b14-8-. The van der Waals surface area contributed by atoms with Crippen molar-refractivity contribution in [2.24, 2.45) is 0 Å². The average Bonchev–Trinajstić information content (AvgIpc) is 3.23. The molecule has 2 bridgehead atoms. The van der Waals surface area contributed by atoms with Crippen molar-refractivity contribution in [3.63, 3.8) is 0 Å². The first-order chi connectivity index (χ1) is 17.1. The second-order valence-electron chi connectivity index (χ2n) is 8.30. The number of ether oxygens (including phenoxy) is 1. The van der Waals surface area contributed by atoms with Gasteiger partial charge in [-0.15, -0.1) is 0 Å². The number of benzene rings is 1. The van der Waals surface area contributed by atoms with Gasteiger partial charge in [-0.3, -0.25) is 0 Å². The molecule has 35 heavy (non-hydrogen) atoms. The third kappa shape index (κ3) is 4.72. The van der Waals surface area contributed by atoms with E-state index in [1.54, 1.807) is 24.5 Å². The Morgan fingerprint density at radius 3 is 3.03 bits per heavy atom. The predicted octanol–water partition coefficient (Wildman–Crippen LogP) is 1.53. The number of carbonyl (C=O) groups is 1. The number of nitrogens with one attached hydrogen (secondary N) is 4. The number of fused-ring (bicyclic) bond motifs is 3. The van der Waals surface area contributed by atoms with Gasteiger partial charge >= 0.3 is 214 Å². The summed E-state index contributed by atoms with van der Waals surface area (Å²) in [7, 11) is 1.42. The molecule has 1 unspecified atom stereocenters. The number of pyridine rings is 1. The molecule has 8 nitrogen and oxygen atoms in total. The Balaban J connectivity index is 1.69. The van der Waals surface area contributed by atoms with E-state index in [0.717, 1.165) is 35.6 Å². The quantitative estimate of drug-likeness (QED) is 0.210. The fraction of sp³-hybridized carbons (Fsp3) is 0.280. The van der Waals surface area contributed by atoms with Gasteiger partial charge in [0.2, 0.25) is 0 Å². The molecular formula is C25H26FIN5O3-. The number of aromatic nitrogens is 2. The number of aromatic amines is 1. The summed E-state index contributed by atoms with van der Waals surface area (Å²) < 4.78 is 25.9. The van der Waals surface area contributed by atoms with Crippen LogP contribution in [0.3, 0.4) is 0 Å². The van der Waals surface area contributed by atoms with Crippen LogP contribution in [0.4, 0.5) is 21.5 Å². The van der Waals surface area contributed by atoms with E-state index in [2.05, 4.69) is 38.9 Å². The van der Waals surface area contributed by atoms with Crippen molar-refractivity contribution in [2.75, 3.05) is 37.4 Å². The summed E-state index contributed by atoms with van der Waals surface area (Å²) in [4.78, 5) is 21.0. The maximum absolute atomic E-state index is 14.5. The number of amides is 1. The second-order valence-corrected chi connectivity index (χ2v) is 10.9. The number of anilines is 3. The fourth-order valence-electron chi connectivity index (χ4n) is 4.25. The molecule has 1 atom stereocenters. The number of carbonyl (C=O) groups excluding carboxylic acids is 1. The summed E-state index contributed by atoms with van der Waals surface area (Å²) in [5, 5.41) is 9.79. The first-order valence-corrected chi connectivity index (χ1v) is 13.4. The second kappa shape index (κ2) is 10.2. The van der Waals surface area contributed by atoms with Gasteiger partial charge in [0.25, 0.3) is 0 Å². The first-order valence-electron chi connectivity index (χ1n) is 11.3. The topological polar surface area (TPSA) is 100 Å². The average molecular weight is 590 g/mol. The monoisotopic (exact) mass is 590 g/mol. The van der Waals surface area contributed by atoms with E-state index in [1.165, 1.54) is 18.7 Å². The summed E-state index contributed by atoms with van der Waals surface area (Å²) in [5.74, 6) is -0.598. The number of alkyl halides is 1. The molecule has 1 aromatic carbocycles. The Hall–Kier alpha value is -3.12. The zero-order chi connectivity index (χ0) is 24.4. The van der Waals surface area contributed by atoms with E-state index < -0.39 is 27.4 Å². The fourth-order valence-corrected chi connectivity index (χ4v) is 6.19. The summed E-state index contributed by atoms with van der Waals surface area (Å²) in [5.41, 5.74) is 6.00. The van der Waals surface area contributed by atoms with Crippen LogP contribution in [0.1, 0.15) is 33.3 Å². The van der Waals surface area contributed by atoms with Crippen molar-refractivity contribution < 1.29 is 38.6 Å². The van der Waals surface area contributed by atoms with E-state index in [-0.39, 0.29) is 15.6 Å². The van der Waals surface area contributed by atoms with Gasteiger partial charge in [0.15, 0.2) is 0 Å². The zero-order valence-electron chi connectivity index (χ0n) is 19.4. The molecule has 184 valence electrons. The van der Waals surface area contributed by atoms with Crippen LogP contribution in [0.15, 0.2) is 48.3 Å². The SMILES string of the molecule is COc1c(F)cccc1Nc1c2[nH]c3c1C(=O)NCC3[I-]OC/C=C(/C)CCNc1cnccc1-2. The molecule has 5 rings (SSSR count). The van der Waals surface area contributed by atoms with E-state index in [1.807, 2.05) is 6.07 Å². The summed E-state index contributed by atoms with van der Waals surface area (Å²) in [6.07, 6.45) is 6.48. The molecule has 0 spiro atoms. The number of H-pyrrole nitrogens is 1. The molecule has 4 N–H and O–H groups in total. The van der Waals surface area contributed by atoms with Crippen molar-refractivity contribution in [3.05, 3.63) is 65.4 Å². The summed E-state index contributed by atoms with van der Waals surface area (Å²) >= 11 is -0.708. The third-order valence-corrected chi connectivity index (χ3v) is 8.43. The first kappa shape index (κ1) is 23.6. The number of methoxy groups -OCH3 is 1. The minimum atomic E-state index is -0.708. The van der Waals surface area contributed by atoms with Crippen LogP contribution in [0.2, 0.25) is 0 Å². The Morgan fingerprint density at radius 2 is 2.17 bits per heavy atom. The summed E-state index contributed by atoms with van der Waals surface area (Å²) in [6.45, 7) is 3.88. The van der Waals surface area contributed by atoms with Crippen molar-refractivity contribution in [2.45, 2.75) is 17.3 Å². The molecule has 2 aliphatic rings.